The van der Waals surface area contributed by atoms with Gasteiger partial charge in [-0.1, -0.05) is 164 Å². The van der Waals surface area contributed by atoms with Gasteiger partial charge in [0.2, 0.25) is 0 Å². The minimum Gasteiger partial charge on any atom is -0.309 e. The van der Waals surface area contributed by atoms with Gasteiger partial charge in [-0.3, -0.25) is 0 Å². The Kier molecular flexibility index (Phi) is 7.53. The molecule has 2 aromatic heterocycles. The summed E-state index contributed by atoms with van der Waals surface area (Å²) in [6.07, 6.45) is 0. The highest BCUT2D eigenvalue weighted by atomic mass is 15.0. The molecule has 0 radical (unpaired) electrons. The summed E-state index contributed by atoms with van der Waals surface area (Å²) in [5.74, 6) is 0. The number of fused-ring (bicyclic) bond motifs is 6. The standard InChI is InChI=1S/C54H36N2/c1-3-16-37(17-4-1)39-20-15-21-42(34-39)44-23-8-12-27-50(44)56-52-29-14-10-25-46(52)48-36-41(31-33-54(48)56)40-30-32-53-47(35-40)45-24-9-13-28-51(45)55(53)49-26-11-7-22-43(49)38-18-5-2-6-19-38/h1-36H. The van der Waals surface area contributed by atoms with Crippen LogP contribution in [-0.4, -0.2) is 9.13 Å². The van der Waals surface area contributed by atoms with E-state index in [2.05, 4.69) is 228 Å². The van der Waals surface area contributed by atoms with Gasteiger partial charge in [-0.2, -0.15) is 0 Å². The van der Waals surface area contributed by atoms with Crippen LogP contribution in [0.15, 0.2) is 218 Å². The van der Waals surface area contributed by atoms with Crippen molar-refractivity contribution in [3.8, 4) is 55.9 Å². The summed E-state index contributed by atoms with van der Waals surface area (Å²) in [6.45, 7) is 0. The number of aromatic nitrogens is 2. The Morgan fingerprint density at radius 1 is 0.214 bits per heavy atom. The third kappa shape index (κ3) is 5.19. The van der Waals surface area contributed by atoms with Crippen LogP contribution in [0, 0.1) is 0 Å². The summed E-state index contributed by atoms with van der Waals surface area (Å²) < 4.78 is 4.88. The Bertz CT molecular complexity index is 3240. The normalized spacial score (nSPS) is 11.6. The quantitative estimate of drug-likeness (QED) is 0.162. The zero-order valence-electron chi connectivity index (χ0n) is 30.7. The van der Waals surface area contributed by atoms with Crippen LogP contribution in [-0.2, 0) is 0 Å². The molecule has 2 heterocycles. The fourth-order valence-corrected chi connectivity index (χ4v) is 8.76. The number of hydrogen-bond donors (Lipinski definition) is 0. The van der Waals surface area contributed by atoms with Gasteiger partial charge in [0.05, 0.1) is 33.4 Å². The lowest BCUT2D eigenvalue weighted by atomic mass is 9.98. The maximum absolute atomic E-state index is 2.44. The molecule has 0 aliphatic rings. The van der Waals surface area contributed by atoms with Gasteiger partial charge >= 0.3 is 0 Å². The molecule has 56 heavy (non-hydrogen) atoms. The minimum absolute atomic E-state index is 1.17. The highest BCUT2D eigenvalue weighted by Gasteiger charge is 2.19. The lowest BCUT2D eigenvalue weighted by Crippen LogP contribution is -1.97. The van der Waals surface area contributed by atoms with E-state index < -0.39 is 0 Å². The van der Waals surface area contributed by atoms with Gasteiger partial charge < -0.3 is 9.13 Å². The second-order valence-corrected chi connectivity index (χ2v) is 14.5. The molecular weight excluding hydrogens is 677 g/mol. The summed E-state index contributed by atoms with van der Waals surface area (Å²) in [5, 5.41) is 4.98. The predicted octanol–water partition coefficient (Wildman–Crippen LogP) is 14.5. The van der Waals surface area contributed by atoms with E-state index in [1.54, 1.807) is 0 Å². The average Bonchev–Trinajstić information content (AvgIpc) is 3.79. The first-order chi connectivity index (χ1) is 27.8. The smallest absolute Gasteiger partial charge is 0.0541 e. The molecule has 11 aromatic rings. The Hall–Kier alpha value is -7.42. The largest absolute Gasteiger partial charge is 0.309 e. The summed E-state index contributed by atoms with van der Waals surface area (Å²) in [5.41, 5.74) is 16.8. The number of benzene rings is 9. The Balaban J connectivity index is 1.07. The highest BCUT2D eigenvalue weighted by Crippen LogP contribution is 2.41. The van der Waals surface area contributed by atoms with Crippen LogP contribution in [0.25, 0.3) is 99.5 Å². The SMILES string of the molecule is c1ccc(-c2cccc(-c3ccccc3-n3c4ccccc4c4cc(-c5ccc6c(c5)c5ccccc5n6-c5ccccc5-c5ccccc5)ccc43)c2)cc1. The van der Waals surface area contributed by atoms with Crippen molar-refractivity contribution in [1.29, 1.82) is 0 Å². The highest BCUT2D eigenvalue weighted by molar-refractivity contribution is 6.13. The maximum atomic E-state index is 2.44. The predicted molar refractivity (Wildman–Crippen MR) is 237 cm³/mol. The topological polar surface area (TPSA) is 9.86 Å². The number of para-hydroxylation sites is 4. The minimum atomic E-state index is 1.17. The molecule has 0 saturated carbocycles. The van der Waals surface area contributed by atoms with Gasteiger partial charge in [0.1, 0.15) is 0 Å². The summed E-state index contributed by atoms with van der Waals surface area (Å²) in [6, 6.07) is 79.4. The zero-order valence-corrected chi connectivity index (χ0v) is 30.7. The fraction of sp³-hybridized carbons (Fsp3) is 0. The molecule has 0 unspecified atom stereocenters. The van der Waals surface area contributed by atoms with Gasteiger partial charge in [-0.25, -0.2) is 0 Å². The molecule has 0 aliphatic carbocycles. The van der Waals surface area contributed by atoms with E-state index in [9.17, 15) is 0 Å². The molecule has 0 atom stereocenters. The van der Waals surface area contributed by atoms with Crippen LogP contribution >= 0.6 is 0 Å². The van der Waals surface area contributed by atoms with Crippen LogP contribution in [0.3, 0.4) is 0 Å². The number of nitrogens with zero attached hydrogens (tertiary/aromatic N) is 2. The molecule has 0 saturated heterocycles. The van der Waals surface area contributed by atoms with Gasteiger partial charge in [-0.05, 0) is 88.0 Å². The van der Waals surface area contributed by atoms with Crippen LogP contribution in [0.4, 0.5) is 0 Å². The zero-order chi connectivity index (χ0) is 37.0. The van der Waals surface area contributed by atoms with Gasteiger partial charge in [0, 0.05) is 32.7 Å². The van der Waals surface area contributed by atoms with Crippen LogP contribution in [0.5, 0.6) is 0 Å². The van der Waals surface area contributed by atoms with Crippen molar-refractivity contribution in [1.82, 2.24) is 9.13 Å². The first kappa shape index (κ1) is 32.0. The molecule has 0 aliphatic heterocycles. The monoisotopic (exact) mass is 712 g/mol. The van der Waals surface area contributed by atoms with Crippen LogP contribution in [0.2, 0.25) is 0 Å². The summed E-state index contributed by atoms with van der Waals surface area (Å²) in [7, 11) is 0. The van der Waals surface area contributed by atoms with Crippen LogP contribution < -0.4 is 0 Å². The van der Waals surface area contributed by atoms with Gasteiger partial charge in [0.15, 0.2) is 0 Å². The van der Waals surface area contributed by atoms with E-state index in [-0.39, 0.29) is 0 Å². The molecule has 0 bridgehead atoms. The Labute approximate surface area is 325 Å². The molecule has 9 aromatic carbocycles. The third-order valence-electron chi connectivity index (χ3n) is 11.3. The van der Waals surface area contributed by atoms with Gasteiger partial charge in [0.25, 0.3) is 0 Å². The summed E-state index contributed by atoms with van der Waals surface area (Å²) in [4.78, 5) is 0. The van der Waals surface area contributed by atoms with Crippen molar-refractivity contribution in [2.24, 2.45) is 0 Å². The Morgan fingerprint density at radius 3 is 1.18 bits per heavy atom. The Morgan fingerprint density at radius 2 is 0.607 bits per heavy atom. The fourth-order valence-electron chi connectivity index (χ4n) is 8.76. The lowest BCUT2D eigenvalue weighted by molar-refractivity contribution is 1.18. The molecule has 2 heteroatoms. The van der Waals surface area contributed by atoms with E-state index in [1.165, 1.54) is 99.5 Å². The second-order valence-electron chi connectivity index (χ2n) is 14.5. The first-order valence-corrected chi connectivity index (χ1v) is 19.3. The van der Waals surface area contributed by atoms with E-state index >= 15 is 0 Å². The van der Waals surface area contributed by atoms with Crippen molar-refractivity contribution in [2.75, 3.05) is 0 Å². The average molecular weight is 713 g/mol. The third-order valence-corrected chi connectivity index (χ3v) is 11.3. The van der Waals surface area contributed by atoms with E-state index in [1.807, 2.05) is 0 Å². The van der Waals surface area contributed by atoms with Crippen molar-refractivity contribution < 1.29 is 0 Å². The molecule has 0 spiro atoms. The molecule has 0 fully saturated rings. The maximum Gasteiger partial charge on any atom is 0.0541 e. The van der Waals surface area contributed by atoms with Gasteiger partial charge in [-0.15, -0.1) is 0 Å². The van der Waals surface area contributed by atoms with Crippen molar-refractivity contribution >= 4 is 43.6 Å². The van der Waals surface area contributed by atoms with Crippen molar-refractivity contribution in [2.45, 2.75) is 0 Å². The molecular formula is C54H36N2. The van der Waals surface area contributed by atoms with Crippen LogP contribution in [0.1, 0.15) is 0 Å². The van der Waals surface area contributed by atoms with Crippen molar-refractivity contribution in [3.63, 3.8) is 0 Å². The molecule has 0 amide bonds. The molecule has 2 nitrogen and oxygen atoms in total. The lowest BCUT2D eigenvalue weighted by Gasteiger charge is -2.15. The van der Waals surface area contributed by atoms with E-state index in [0.717, 1.165) is 0 Å². The summed E-state index contributed by atoms with van der Waals surface area (Å²) >= 11 is 0. The second kappa shape index (κ2) is 13.2. The molecule has 0 N–H and O–H groups in total. The van der Waals surface area contributed by atoms with Crippen molar-refractivity contribution in [3.05, 3.63) is 218 Å². The number of hydrogen-bond acceptors (Lipinski definition) is 0. The first-order valence-electron chi connectivity index (χ1n) is 19.3. The molecule has 262 valence electrons. The molecule has 11 rings (SSSR count). The van der Waals surface area contributed by atoms with E-state index in [0.29, 0.717) is 0 Å². The van der Waals surface area contributed by atoms with E-state index in [4.69, 9.17) is 0 Å². The number of rotatable bonds is 6.